The summed E-state index contributed by atoms with van der Waals surface area (Å²) >= 11 is 1.37. The average Bonchev–Trinajstić information content (AvgIpc) is 3.43. The fourth-order valence-electron chi connectivity index (χ4n) is 3.04. The smallest absolute Gasteiger partial charge is 0.284 e. The van der Waals surface area contributed by atoms with Gasteiger partial charge in [0, 0.05) is 23.6 Å². The van der Waals surface area contributed by atoms with Gasteiger partial charge in [-0.15, -0.1) is 11.3 Å². The number of carbonyl (C=O) groups excluding carboxylic acids is 1. The van der Waals surface area contributed by atoms with Crippen LogP contribution in [0.15, 0.2) is 77.6 Å². The number of anilines is 1. The van der Waals surface area contributed by atoms with Gasteiger partial charge in [0.2, 0.25) is 11.7 Å². The molecule has 30 heavy (non-hydrogen) atoms. The molecular weight excluding hydrogens is 398 g/mol. The number of rotatable bonds is 5. The van der Waals surface area contributed by atoms with Gasteiger partial charge in [-0.3, -0.25) is 9.78 Å². The summed E-state index contributed by atoms with van der Waals surface area (Å²) in [5, 5.41) is 7.40. The Morgan fingerprint density at radius 3 is 2.73 bits per heavy atom. The van der Waals surface area contributed by atoms with Gasteiger partial charge in [-0.05, 0) is 35.9 Å². The minimum Gasteiger partial charge on any atom is -0.339 e. The summed E-state index contributed by atoms with van der Waals surface area (Å²) in [7, 11) is 0. The largest absolute Gasteiger partial charge is 0.339 e. The highest BCUT2D eigenvalue weighted by molar-refractivity contribution is 7.20. The lowest BCUT2D eigenvalue weighted by molar-refractivity contribution is 0.102. The molecule has 0 unspecified atom stereocenters. The van der Waals surface area contributed by atoms with Crippen LogP contribution in [0, 0.1) is 0 Å². The molecule has 0 aliphatic carbocycles. The number of pyridine rings is 1. The maximum Gasteiger partial charge on any atom is 0.284 e. The van der Waals surface area contributed by atoms with Gasteiger partial charge in [0.05, 0.1) is 16.6 Å². The third-order valence-corrected chi connectivity index (χ3v) is 5.52. The van der Waals surface area contributed by atoms with Crippen molar-refractivity contribution in [3.8, 4) is 11.4 Å². The zero-order chi connectivity index (χ0) is 20.3. The third kappa shape index (κ3) is 3.68. The van der Waals surface area contributed by atoms with E-state index < -0.39 is 0 Å². The molecule has 0 radical (unpaired) electrons. The quantitative estimate of drug-likeness (QED) is 0.453. The second-order valence-electron chi connectivity index (χ2n) is 6.53. The van der Waals surface area contributed by atoms with Gasteiger partial charge in [-0.2, -0.15) is 4.98 Å². The number of nitrogens with one attached hydrogen (secondary N) is 1. The molecule has 0 saturated heterocycles. The summed E-state index contributed by atoms with van der Waals surface area (Å²) in [6.07, 6.45) is 3.76. The standard InChI is InChI=1S/C22H15N5O2S/c28-21(22-25-17-9-3-4-10-18(17)30-22)24-16-8-2-1-6-14(16)12-19-26-20(27-29-19)15-7-5-11-23-13-15/h1-11,13H,12H2,(H,24,28). The Kier molecular flexibility index (Phi) is 4.74. The van der Waals surface area contributed by atoms with Crippen LogP contribution < -0.4 is 5.32 Å². The number of aromatic nitrogens is 4. The van der Waals surface area contributed by atoms with E-state index in [2.05, 4.69) is 25.4 Å². The second-order valence-corrected chi connectivity index (χ2v) is 7.56. The van der Waals surface area contributed by atoms with Crippen LogP contribution in [0.25, 0.3) is 21.6 Å². The molecule has 1 amide bonds. The highest BCUT2D eigenvalue weighted by Crippen LogP contribution is 2.24. The lowest BCUT2D eigenvalue weighted by Crippen LogP contribution is -2.13. The second kappa shape index (κ2) is 7.84. The molecule has 7 nitrogen and oxygen atoms in total. The number of fused-ring (bicyclic) bond motifs is 1. The molecule has 0 bridgehead atoms. The summed E-state index contributed by atoms with van der Waals surface area (Å²) in [6, 6.07) is 18.9. The van der Waals surface area contributed by atoms with Crippen LogP contribution in [-0.2, 0) is 6.42 Å². The molecular formula is C22H15N5O2S. The molecule has 5 rings (SSSR count). The first-order chi connectivity index (χ1) is 14.8. The van der Waals surface area contributed by atoms with E-state index in [9.17, 15) is 4.79 Å². The molecule has 0 atom stereocenters. The fourth-order valence-corrected chi connectivity index (χ4v) is 3.90. The van der Waals surface area contributed by atoms with Crippen molar-refractivity contribution >= 4 is 33.1 Å². The van der Waals surface area contributed by atoms with Crippen LogP contribution in [0.3, 0.4) is 0 Å². The van der Waals surface area contributed by atoms with Gasteiger partial charge in [-0.1, -0.05) is 35.5 Å². The molecule has 146 valence electrons. The van der Waals surface area contributed by atoms with E-state index >= 15 is 0 Å². The van der Waals surface area contributed by atoms with Gasteiger partial charge in [0.15, 0.2) is 5.01 Å². The summed E-state index contributed by atoms with van der Waals surface area (Å²) < 4.78 is 6.37. The van der Waals surface area contributed by atoms with Crippen molar-refractivity contribution in [1.82, 2.24) is 20.1 Å². The van der Waals surface area contributed by atoms with E-state index in [0.29, 0.717) is 28.8 Å². The minimum absolute atomic E-state index is 0.245. The van der Waals surface area contributed by atoms with Crippen LogP contribution >= 0.6 is 11.3 Å². The van der Waals surface area contributed by atoms with E-state index in [0.717, 1.165) is 21.3 Å². The Morgan fingerprint density at radius 2 is 1.87 bits per heavy atom. The Labute approximate surface area is 175 Å². The summed E-state index contributed by atoms with van der Waals surface area (Å²) in [5.41, 5.74) is 3.15. The van der Waals surface area contributed by atoms with Crippen molar-refractivity contribution in [3.05, 3.63) is 89.5 Å². The van der Waals surface area contributed by atoms with Gasteiger partial charge in [-0.25, -0.2) is 4.98 Å². The topological polar surface area (TPSA) is 93.8 Å². The predicted molar refractivity (Wildman–Crippen MR) is 114 cm³/mol. The van der Waals surface area contributed by atoms with Gasteiger partial charge in [0.1, 0.15) is 0 Å². The summed E-state index contributed by atoms with van der Waals surface area (Å²) in [4.78, 5) is 25.7. The lowest BCUT2D eigenvalue weighted by Gasteiger charge is -2.08. The monoisotopic (exact) mass is 413 g/mol. The zero-order valence-electron chi connectivity index (χ0n) is 15.6. The van der Waals surface area contributed by atoms with E-state index in [-0.39, 0.29) is 5.91 Å². The van der Waals surface area contributed by atoms with Crippen LogP contribution in [0.5, 0.6) is 0 Å². The molecule has 2 aromatic carbocycles. The zero-order valence-corrected chi connectivity index (χ0v) is 16.5. The van der Waals surface area contributed by atoms with Gasteiger partial charge >= 0.3 is 0 Å². The molecule has 3 aromatic heterocycles. The van der Waals surface area contributed by atoms with Crippen LogP contribution in [0.1, 0.15) is 21.3 Å². The van der Waals surface area contributed by atoms with Crippen LogP contribution in [0.4, 0.5) is 5.69 Å². The van der Waals surface area contributed by atoms with Gasteiger partial charge in [0.25, 0.3) is 5.91 Å². The molecule has 0 spiro atoms. The predicted octanol–water partition coefficient (Wildman–Crippen LogP) is 4.58. The Balaban J connectivity index is 1.37. The fraction of sp³-hybridized carbons (Fsp3) is 0.0455. The van der Waals surface area contributed by atoms with E-state index in [1.807, 2.05) is 60.7 Å². The van der Waals surface area contributed by atoms with Gasteiger partial charge < -0.3 is 9.84 Å². The first-order valence-corrected chi connectivity index (χ1v) is 10.1. The normalized spacial score (nSPS) is 10.9. The van der Waals surface area contributed by atoms with E-state index in [1.165, 1.54) is 11.3 Å². The molecule has 0 fully saturated rings. The van der Waals surface area contributed by atoms with Crippen molar-refractivity contribution < 1.29 is 9.32 Å². The third-order valence-electron chi connectivity index (χ3n) is 4.48. The van der Waals surface area contributed by atoms with E-state index in [1.54, 1.807) is 12.4 Å². The molecule has 8 heteroatoms. The molecule has 5 aromatic rings. The Hall–Kier alpha value is -3.91. The number of amides is 1. The van der Waals surface area contributed by atoms with Crippen LogP contribution in [-0.4, -0.2) is 26.0 Å². The first-order valence-electron chi connectivity index (χ1n) is 9.24. The molecule has 0 aliphatic rings. The van der Waals surface area contributed by atoms with Crippen molar-refractivity contribution in [2.24, 2.45) is 0 Å². The summed E-state index contributed by atoms with van der Waals surface area (Å²) in [6.45, 7) is 0. The highest BCUT2D eigenvalue weighted by atomic mass is 32.1. The molecule has 3 heterocycles. The average molecular weight is 413 g/mol. The SMILES string of the molecule is O=C(Nc1ccccc1Cc1nc(-c2cccnc2)no1)c1nc2ccccc2s1. The molecule has 0 aliphatic heterocycles. The summed E-state index contributed by atoms with van der Waals surface area (Å²) in [5.74, 6) is 0.690. The number of hydrogen-bond donors (Lipinski definition) is 1. The number of benzene rings is 2. The van der Waals surface area contributed by atoms with Crippen molar-refractivity contribution in [2.45, 2.75) is 6.42 Å². The minimum atomic E-state index is -0.245. The van der Waals surface area contributed by atoms with E-state index in [4.69, 9.17) is 4.52 Å². The highest BCUT2D eigenvalue weighted by Gasteiger charge is 2.16. The van der Waals surface area contributed by atoms with Crippen molar-refractivity contribution in [2.75, 3.05) is 5.32 Å². The first kappa shape index (κ1) is 18.1. The Morgan fingerprint density at radius 1 is 1.00 bits per heavy atom. The van der Waals surface area contributed by atoms with Crippen molar-refractivity contribution in [3.63, 3.8) is 0 Å². The number of para-hydroxylation sites is 2. The number of hydrogen-bond acceptors (Lipinski definition) is 7. The molecule has 0 saturated carbocycles. The van der Waals surface area contributed by atoms with Crippen molar-refractivity contribution in [1.29, 1.82) is 0 Å². The lowest BCUT2D eigenvalue weighted by atomic mass is 10.1. The number of carbonyl (C=O) groups is 1. The molecule has 1 N–H and O–H groups in total. The number of thiazole rings is 1. The Bertz CT molecular complexity index is 1300. The van der Waals surface area contributed by atoms with Crippen LogP contribution in [0.2, 0.25) is 0 Å². The maximum atomic E-state index is 12.8. The number of nitrogens with zero attached hydrogens (tertiary/aromatic N) is 4. The maximum absolute atomic E-state index is 12.8.